The van der Waals surface area contributed by atoms with Crippen LogP contribution in [0.5, 0.6) is 0 Å². The van der Waals surface area contributed by atoms with Crippen LogP contribution < -0.4 is 0 Å². The van der Waals surface area contributed by atoms with Crippen molar-refractivity contribution >= 4 is 6.29 Å². The van der Waals surface area contributed by atoms with Crippen molar-refractivity contribution in [1.29, 1.82) is 0 Å². The maximum atomic E-state index is 13.9. The first-order valence-electron chi connectivity index (χ1n) is 7.99. The highest BCUT2D eigenvalue weighted by Crippen LogP contribution is 2.35. The van der Waals surface area contributed by atoms with Crippen LogP contribution in [0.1, 0.15) is 57.1 Å². The van der Waals surface area contributed by atoms with Gasteiger partial charge in [-0.15, -0.1) is 0 Å². The number of hydrogen-bond acceptors (Lipinski definition) is 2. The Morgan fingerprint density at radius 3 is 2.43 bits per heavy atom. The largest absolute Gasteiger partial charge is 0.303 e. The number of benzene rings is 1. The zero-order valence-corrected chi connectivity index (χ0v) is 13.1. The number of halogens is 1. The van der Waals surface area contributed by atoms with Gasteiger partial charge in [-0.2, -0.15) is 0 Å². The van der Waals surface area contributed by atoms with Gasteiger partial charge in [-0.3, -0.25) is 4.90 Å². The summed E-state index contributed by atoms with van der Waals surface area (Å²) < 4.78 is 13.9. The number of aldehydes is 1. The highest BCUT2D eigenvalue weighted by atomic mass is 19.1. The molecule has 0 saturated heterocycles. The molecule has 116 valence electrons. The third kappa shape index (κ3) is 3.91. The molecule has 1 aliphatic carbocycles. The van der Waals surface area contributed by atoms with Crippen molar-refractivity contribution < 1.29 is 9.18 Å². The fourth-order valence-corrected chi connectivity index (χ4v) is 3.43. The van der Waals surface area contributed by atoms with Gasteiger partial charge in [0.2, 0.25) is 0 Å². The Kier molecular flexibility index (Phi) is 5.51. The summed E-state index contributed by atoms with van der Waals surface area (Å²) >= 11 is 0. The minimum Gasteiger partial charge on any atom is -0.303 e. The highest BCUT2D eigenvalue weighted by molar-refractivity contribution is 5.59. The van der Waals surface area contributed by atoms with Crippen LogP contribution in [0, 0.1) is 11.2 Å². The summed E-state index contributed by atoms with van der Waals surface area (Å²) in [7, 11) is 1.99. The van der Waals surface area contributed by atoms with Gasteiger partial charge in [-0.1, -0.05) is 43.9 Å². The fourth-order valence-electron chi connectivity index (χ4n) is 3.43. The van der Waals surface area contributed by atoms with Crippen molar-refractivity contribution in [2.45, 2.75) is 51.5 Å². The molecule has 3 heteroatoms. The maximum Gasteiger partial charge on any atom is 0.127 e. The normalized spacial score (nSPS) is 20.0. The quantitative estimate of drug-likeness (QED) is 0.593. The first kappa shape index (κ1) is 16.2. The van der Waals surface area contributed by atoms with Crippen LogP contribution in [-0.4, -0.2) is 24.8 Å². The second kappa shape index (κ2) is 7.17. The van der Waals surface area contributed by atoms with Gasteiger partial charge in [-0.25, -0.2) is 4.39 Å². The van der Waals surface area contributed by atoms with Crippen LogP contribution in [0.2, 0.25) is 0 Å². The Labute approximate surface area is 127 Å². The van der Waals surface area contributed by atoms with E-state index in [4.69, 9.17) is 0 Å². The molecule has 1 aromatic carbocycles. The topological polar surface area (TPSA) is 20.3 Å². The molecular weight excluding hydrogens is 265 g/mol. The van der Waals surface area contributed by atoms with E-state index in [-0.39, 0.29) is 17.3 Å². The van der Waals surface area contributed by atoms with E-state index in [0.717, 1.165) is 32.0 Å². The summed E-state index contributed by atoms with van der Waals surface area (Å²) in [6.45, 7) is 2.72. The Hall–Kier alpha value is -1.22. The van der Waals surface area contributed by atoms with Crippen LogP contribution in [-0.2, 0) is 4.79 Å². The van der Waals surface area contributed by atoms with E-state index in [1.54, 1.807) is 6.07 Å². The predicted molar refractivity (Wildman–Crippen MR) is 83.6 cm³/mol. The average Bonchev–Trinajstić information content (AvgIpc) is 2.73. The molecule has 2 rings (SSSR count). The molecule has 1 fully saturated rings. The molecule has 0 heterocycles. The van der Waals surface area contributed by atoms with Crippen molar-refractivity contribution in [3.05, 3.63) is 35.6 Å². The van der Waals surface area contributed by atoms with Gasteiger partial charge in [-0.05, 0) is 32.9 Å². The standard InChI is InChI=1S/C18H26FNO/c1-15(16-9-5-6-10-17(16)19)20(2)13-18(14-21)11-7-3-4-8-12-18/h5-6,9-10,14-15H,3-4,7-8,11-13H2,1-2H3. The van der Waals surface area contributed by atoms with Gasteiger partial charge in [0.05, 0.1) is 0 Å². The lowest BCUT2D eigenvalue weighted by atomic mass is 9.81. The SMILES string of the molecule is CC(c1ccccc1F)N(C)CC1(C=O)CCCCCC1. The smallest absolute Gasteiger partial charge is 0.127 e. The summed E-state index contributed by atoms with van der Waals surface area (Å²) in [5, 5.41) is 0. The molecule has 0 aliphatic heterocycles. The van der Waals surface area contributed by atoms with Crippen molar-refractivity contribution in [2.24, 2.45) is 5.41 Å². The van der Waals surface area contributed by atoms with E-state index >= 15 is 0 Å². The molecule has 1 atom stereocenters. The first-order chi connectivity index (χ1) is 10.1. The molecule has 0 amide bonds. The van der Waals surface area contributed by atoms with E-state index in [2.05, 4.69) is 4.90 Å². The molecule has 21 heavy (non-hydrogen) atoms. The van der Waals surface area contributed by atoms with Gasteiger partial charge in [0.25, 0.3) is 0 Å². The van der Waals surface area contributed by atoms with Crippen molar-refractivity contribution in [3.8, 4) is 0 Å². The molecule has 0 spiro atoms. The van der Waals surface area contributed by atoms with E-state index in [1.807, 2.05) is 26.1 Å². The molecule has 1 aliphatic rings. The number of nitrogens with zero attached hydrogens (tertiary/aromatic N) is 1. The van der Waals surface area contributed by atoms with Crippen molar-refractivity contribution in [3.63, 3.8) is 0 Å². The van der Waals surface area contributed by atoms with E-state index in [0.29, 0.717) is 12.1 Å². The molecule has 1 saturated carbocycles. The Morgan fingerprint density at radius 2 is 1.86 bits per heavy atom. The summed E-state index contributed by atoms with van der Waals surface area (Å²) in [5.41, 5.74) is 0.458. The monoisotopic (exact) mass is 291 g/mol. The van der Waals surface area contributed by atoms with Crippen LogP contribution >= 0.6 is 0 Å². The minimum atomic E-state index is -0.245. The predicted octanol–water partition coefficient (Wildman–Crippen LogP) is 4.36. The zero-order valence-electron chi connectivity index (χ0n) is 13.1. The van der Waals surface area contributed by atoms with Crippen molar-refractivity contribution in [2.75, 3.05) is 13.6 Å². The average molecular weight is 291 g/mol. The van der Waals surface area contributed by atoms with Crippen LogP contribution in [0.3, 0.4) is 0 Å². The zero-order chi connectivity index (χ0) is 15.3. The van der Waals surface area contributed by atoms with Gasteiger partial charge >= 0.3 is 0 Å². The molecule has 0 aromatic heterocycles. The van der Waals surface area contributed by atoms with Gasteiger partial charge in [0.1, 0.15) is 12.1 Å². The van der Waals surface area contributed by atoms with Gasteiger partial charge in [0, 0.05) is 23.6 Å². The molecular formula is C18H26FNO. The van der Waals surface area contributed by atoms with Gasteiger partial charge < -0.3 is 4.79 Å². The van der Waals surface area contributed by atoms with Crippen molar-refractivity contribution in [1.82, 2.24) is 4.90 Å². The summed E-state index contributed by atoms with van der Waals surface area (Å²) in [6, 6.07) is 6.89. The highest BCUT2D eigenvalue weighted by Gasteiger charge is 2.33. The third-order valence-corrected chi connectivity index (χ3v) is 4.93. The summed E-state index contributed by atoms with van der Waals surface area (Å²) in [4.78, 5) is 13.8. The molecule has 0 N–H and O–H groups in total. The lowest BCUT2D eigenvalue weighted by Gasteiger charge is -2.35. The Balaban J connectivity index is 2.10. The third-order valence-electron chi connectivity index (χ3n) is 4.93. The number of rotatable bonds is 5. The van der Waals surface area contributed by atoms with Gasteiger partial charge in [0.15, 0.2) is 0 Å². The van der Waals surface area contributed by atoms with Crippen LogP contribution in [0.4, 0.5) is 4.39 Å². The second-order valence-corrected chi connectivity index (χ2v) is 6.51. The van der Waals surface area contributed by atoms with Crippen LogP contribution in [0.15, 0.2) is 24.3 Å². The lowest BCUT2D eigenvalue weighted by Crippen LogP contribution is -2.38. The van der Waals surface area contributed by atoms with E-state index in [1.165, 1.54) is 18.9 Å². The minimum absolute atomic E-state index is 0.0220. The first-order valence-corrected chi connectivity index (χ1v) is 7.99. The van der Waals surface area contributed by atoms with Crippen LogP contribution in [0.25, 0.3) is 0 Å². The molecule has 0 radical (unpaired) electrons. The fraction of sp³-hybridized carbons (Fsp3) is 0.611. The summed E-state index contributed by atoms with van der Waals surface area (Å²) in [6.07, 6.45) is 7.78. The Bertz CT molecular complexity index is 466. The summed E-state index contributed by atoms with van der Waals surface area (Å²) in [5.74, 6) is -0.169. The van der Waals surface area contributed by atoms with E-state index in [9.17, 15) is 9.18 Å². The second-order valence-electron chi connectivity index (χ2n) is 6.51. The van der Waals surface area contributed by atoms with E-state index < -0.39 is 0 Å². The number of carbonyl (C=O) groups is 1. The molecule has 2 nitrogen and oxygen atoms in total. The molecule has 0 bridgehead atoms. The Morgan fingerprint density at radius 1 is 1.24 bits per heavy atom. The lowest BCUT2D eigenvalue weighted by molar-refractivity contribution is -0.118. The number of hydrogen-bond donors (Lipinski definition) is 0. The molecule has 1 aromatic rings. The molecule has 1 unspecified atom stereocenters. The number of carbonyl (C=O) groups excluding carboxylic acids is 1. The maximum absolute atomic E-state index is 13.9.